The topological polar surface area (TPSA) is 55.4 Å². The van der Waals surface area contributed by atoms with Gasteiger partial charge >= 0.3 is 0 Å². The lowest BCUT2D eigenvalue weighted by Gasteiger charge is -2.19. The summed E-state index contributed by atoms with van der Waals surface area (Å²) in [7, 11) is -1.13. The summed E-state index contributed by atoms with van der Waals surface area (Å²) in [6.45, 7) is 2.44. The van der Waals surface area contributed by atoms with Gasteiger partial charge in [-0.15, -0.1) is 0 Å². The minimum atomic E-state index is -2.85. The van der Waals surface area contributed by atoms with E-state index in [2.05, 4.69) is 5.32 Å². The van der Waals surface area contributed by atoms with Crippen LogP contribution in [0.15, 0.2) is 0 Å². The SMILES string of the molecule is CCCS(=O)(=O)CCNC1CCCC1OC. The highest BCUT2D eigenvalue weighted by molar-refractivity contribution is 7.91. The van der Waals surface area contributed by atoms with Crippen LogP contribution in [-0.4, -0.2) is 45.7 Å². The highest BCUT2D eigenvalue weighted by atomic mass is 32.2. The van der Waals surface area contributed by atoms with Crippen LogP contribution in [0.1, 0.15) is 32.6 Å². The van der Waals surface area contributed by atoms with Gasteiger partial charge < -0.3 is 10.1 Å². The van der Waals surface area contributed by atoms with Gasteiger partial charge in [-0.25, -0.2) is 8.42 Å². The van der Waals surface area contributed by atoms with Crippen molar-refractivity contribution in [2.45, 2.75) is 44.8 Å². The van der Waals surface area contributed by atoms with Crippen molar-refractivity contribution < 1.29 is 13.2 Å². The normalized spacial score (nSPS) is 26.1. The van der Waals surface area contributed by atoms with Gasteiger partial charge in [0.2, 0.25) is 0 Å². The third-order valence-corrected chi connectivity index (χ3v) is 4.95. The Hall–Kier alpha value is -0.130. The molecule has 0 heterocycles. The molecule has 1 rings (SSSR count). The van der Waals surface area contributed by atoms with E-state index in [-0.39, 0.29) is 11.9 Å². The molecule has 1 fully saturated rings. The van der Waals surface area contributed by atoms with Gasteiger partial charge in [-0.3, -0.25) is 0 Å². The molecule has 0 aliphatic heterocycles. The lowest BCUT2D eigenvalue weighted by molar-refractivity contribution is 0.0859. The summed E-state index contributed by atoms with van der Waals surface area (Å²) in [5.74, 6) is 0.542. The molecule has 5 heteroatoms. The summed E-state index contributed by atoms with van der Waals surface area (Å²) in [5.41, 5.74) is 0. The zero-order chi connectivity index (χ0) is 12.0. The van der Waals surface area contributed by atoms with Crippen molar-refractivity contribution in [1.29, 1.82) is 0 Å². The van der Waals surface area contributed by atoms with Gasteiger partial charge in [-0.05, 0) is 25.7 Å². The van der Waals surface area contributed by atoms with E-state index >= 15 is 0 Å². The lowest BCUT2D eigenvalue weighted by Crippen LogP contribution is -2.39. The molecule has 0 spiro atoms. The predicted octanol–water partition coefficient (Wildman–Crippen LogP) is 0.968. The first kappa shape index (κ1) is 13.9. The molecule has 1 saturated carbocycles. The summed E-state index contributed by atoms with van der Waals surface area (Å²) < 4.78 is 28.3. The summed E-state index contributed by atoms with van der Waals surface area (Å²) in [5, 5.41) is 3.29. The molecule has 1 aliphatic rings. The number of methoxy groups -OCH3 is 1. The van der Waals surface area contributed by atoms with Crippen LogP contribution >= 0.6 is 0 Å². The first-order valence-electron chi connectivity index (χ1n) is 6.05. The fraction of sp³-hybridized carbons (Fsp3) is 1.00. The molecule has 0 amide bonds. The second kappa shape index (κ2) is 6.57. The summed E-state index contributed by atoms with van der Waals surface area (Å²) in [6.07, 6.45) is 4.29. The van der Waals surface area contributed by atoms with Crippen molar-refractivity contribution in [2.24, 2.45) is 0 Å². The minimum absolute atomic E-state index is 0.244. The van der Waals surface area contributed by atoms with Crippen molar-refractivity contribution in [3.63, 3.8) is 0 Å². The average Bonchev–Trinajstić information content (AvgIpc) is 2.64. The van der Waals surface area contributed by atoms with Crippen LogP contribution in [0, 0.1) is 0 Å². The Morgan fingerprint density at radius 2 is 2.06 bits per heavy atom. The van der Waals surface area contributed by atoms with Crippen molar-refractivity contribution in [1.82, 2.24) is 5.32 Å². The van der Waals surface area contributed by atoms with E-state index in [0.717, 1.165) is 19.3 Å². The van der Waals surface area contributed by atoms with E-state index < -0.39 is 9.84 Å². The van der Waals surface area contributed by atoms with E-state index in [1.165, 1.54) is 0 Å². The van der Waals surface area contributed by atoms with Crippen molar-refractivity contribution >= 4 is 9.84 Å². The minimum Gasteiger partial charge on any atom is -0.380 e. The fourth-order valence-corrected chi connectivity index (χ4v) is 3.51. The molecule has 2 atom stereocenters. The Bertz CT molecular complexity index is 290. The zero-order valence-electron chi connectivity index (χ0n) is 10.2. The van der Waals surface area contributed by atoms with E-state index in [1.807, 2.05) is 6.92 Å². The summed E-state index contributed by atoms with van der Waals surface area (Å²) in [6, 6.07) is 0.335. The van der Waals surface area contributed by atoms with Crippen LogP contribution in [0.5, 0.6) is 0 Å². The van der Waals surface area contributed by atoms with Crippen LogP contribution in [-0.2, 0) is 14.6 Å². The Labute approximate surface area is 98.7 Å². The molecule has 0 saturated heterocycles. The molecule has 96 valence electrons. The zero-order valence-corrected chi connectivity index (χ0v) is 11.1. The third kappa shape index (κ3) is 4.39. The van der Waals surface area contributed by atoms with Crippen LogP contribution in [0.3, 0.4) is 0 Å². The monoisotopic (exact) mass is 249 g/mol. The molecule has 4 nitrogen and oxygen atoms in total. The van der Waals surface area contributed by atoms with E-state index in [0.29, 0.717) is 24.8 Å². The molecular formula is C11H23NO3S. The van der Waals surface area contributed by atoms with E-state index in [1.54, 1.807) is 7.11 Å². The van der Waals surface area contributed by atoms with Gasteiger partial charge in [0, 0.05) is 25.4 Å². The standard InChI is InChI=1S/C11H23NO3S/c1-3-8-16(13,14)9-7-12-10-5-4-6-11(10)15-2/h10-12H,3-9H2,1-2H3. The van der Waals surface area contributed by atoms with Gasteiger partial charge in [0.15, 0.2) is 9.84 Å². The van der Waals surface area contributed by atoms with Gasteiger partial charge in [-0.1, -0.05) is 6.92 Å². The molecule has 0 bridgehead atoms. The molecule has 0 aromatic carbocycles. The lowest BCUT2D eigenvalue weighted by atomic mass is 10.2. The Balaban J connectivity index is 2.25. The first-order chi connectivity index (χ1) is 7.59. The van der Waals surface area contributed by atoms with Gasteiger partial charge in [0.1, 0.15) is 0 Å². The first-order valence-corrected chi connectivity index (χ1v) is 7.88. The van der Waals surface area contributed by atoms with Crippen LogP contribution in [0.25, 0.3) is 0 Å². The number of ether oxygens (including phenoxy) is 1. The highest BCUT2D eigenvalue weighted by Crippen LogP contribution is 2.21. The van der Waals surface area contributed by atoms with Crippen LogP contribution in [0.4, 0.5) is 0 Å². The van der Waals surface area contributed by atoms with E-state index in [4.69, 9.17) is 4.74 Å². The Morgan fingerprint density at radius 3 is 2.69 bits per heavy atom. The molecular weight excluding hydrogens is 226 g/mol. The highest BCUT2D eigenvalue weighted by Gasteiger charge is 2.26. The van der Waals surface area contributed by atoms with Crippen molar-refractivity contribution in [2.75, 3.05) is 25.2 Å². The third-order valence-electron chi connectivity index (χ3n) is 3.09. The summed E-state index contributed by atoms with van der Waals surface area (Å²) >= 11 is 0. The number of rotatable bonds is 7. The number of nitrogens with one attached hydrogen (secondary N) is 1. The molecule has 0 aromatic rings. The fourth-order valence-electron chi connectivity index (χ4n) is 2.25. The molecule has 0 aromatic heterocycles. The quantitative estimate of drug-likeness (QED) is 0.730. The maximum Gasteiger partial charge on any atom is 0.151 e. The van der Waals surface area contributed by atoms with Gasteiger partial charge in [0.05, 0.1) is 11.9 Å². The summed E-state index contributed by atoms with van der Waals surface area (Å²) in [4.78, 5) is 0. The smallest absolute Gasteiger partial charge is 0.151 e. The van der Waals surface area contributed by atoms with Crippen LogP contribution in [0.2, 0.25) is 0 Å². The number of sulfone groups is 1. The van der Waals surface area contributed by atoms with E-state index in [9.17, 15) is 8.42 Å². The average molecular weight is 249 g/mol. The number of hydrogen-bond donors (Lipinski definition) is 1. The maximum absolute atomic E-state index is 11.5. The van der Waals surface area contributed by atoms with Crippen LogP contribution < -0.4 is 5.32 Å². The maximum atomic E-state index is 11.5. The van der Waals surface area contributed by atoms with Crippen molar-refractivity contribution in [3.05, 3.63) is 0 Å². The molecule has 1 aliphatic carbocycles. The van der Waals surface area contributed by atoms with Gasteiger partial charge in [-0.2, -0.15) is 0 Å². The van der Waals surface area contributed by atoms with Gasteiger partial charge in [0.25, 0.3) is 0 Å². The molecule has 1 N–H and O–H groups in total. The predicted molar refractivity (Wildman–Crippen MR) is 65.4 cm³/mol. The van der Waals surface area contributed by atoms with Crippen molar-refractivity contribution in [3.8, 4) is 0 Å². The second-order valence-electron chi connectivity index (χ2n) is 4.42. The molecule has 2 unspecified atom stereocenters. The second-order valence-corrected chi connectivity index (χ2v) is 6.72. The Morgan fingerprint density at radius 1 is 1.31 bits per heavy atom. The molecule has 0 radical (unpaired) electrons. The largest absolute Gasteiger partial charge is 0.380 e. The Kier molecular flexibility index (Phi) is 5.72. The number of hydrogen-bond acceptors (Lipinski definition) is 4. The molecule has 16 heavy (non-hydrogen) atoms.